The number of hydrogen-bond acceptors (Lipinski definition) is 5. The molecule has 0 fully saturated rings. The maximum Gasteiger partial charge on any atom is 0.142 e. The normalized spacial score (nSPS) is 27.0. The van der Waals surface area contributed by atoms with Crippen LogP contribution < -0.4 is 0 Å². The van der Waals surface area contributed by atoms with E-state index in [0.717, 1.165) is 17.2 Å². The summed E-state index contributed by atoms with van der Waals surface area (Å²) in [5.74, 6) is 1.71. The maximum absolute atomic E-state index is 9.00. The van der Waals surface area contributed by atoms with Crippen LogP contribution in [0, 0.1) is 11.3 Å². The van der Waals surface area contributed by atoms with Crippen LogP contribution in [-0.4, -0.2) is 34.4 Å². The molecule has 3 rings (SSSR count). The molecule has 2 heterocycles. The molecule has 0 saturated carbocycles. The third kappa shape index (κ3) is 2.65. The van der Waals surface area contributed by atoms with Crippen molar-refractivity contribution in [1.82, 2.24) is 3.11 Å². The molecule has 0 radical (unpaired) electrons. The molecule has 2 aliphatic heterocycles. The Kier molecular flexibility index (Phi) is 3.92. The van der Waals surface area contributed by atoms with Gasteiger partial charge in [0.15, 0.2) is 0 Å². The van der Waals surface area contributed by atoms with Crippen LogP contribution in [0.2, 0.25) is 0 Å². The van der Waals surface area contributed by atoms with Gasteiger partial charge in [0.25, 0.3) is 0 Å². The van der Waals surface area contributed by atoms with E-state index < -0.39 is 0 Å². The Labute approximate surface area is 137 Å². The van der Waals surface area contributed by atoms with Gasteiger partial charge in [-0.15, -0.1) is 0 Å². The Morgan fingerprint density at radius 1 is 1.52 bits per heavy atom. The van der Waals surface area contributed by atoms with E-state index in [1.54, 1.807) is 19.5 Å². The quantitative estimate of drug-likeness (QED) is 0.537. The summed E-state index contributed by atoms with van der Waals surface area (Å²) in [4.78, 5) is 8.99. The Morgan fingerprint density at radius 3 is 3.14 bits per heavy atom. The van der Waals surface area contributed by atoms with Gasteiger partial charge >= 0.3 is 0 Å². The highest BCUT2D eigenvalue weighted by molar-refractivity contribution is 14.1. The average molecular weight is 392 g/mol. The predicted octanol–water partition coefficient (Wildman–Crippen LogP) is 2.70. The smallest absolute Gasteiger partial charge is 0.142 e. The topological polar surface area (TPSA) is 61.0 Å². The highest BCUT2D eigenvalue weighted by atomic mass is 127. The molecule has 0 aromatic heterocycles. The molecule has 0 saturated heterocycles. The van der Waals surface area contributed by atoms with E-state index >= 15 is 0 Å². The highest BCUT2D eigenvalue weighted by Crippen LogP contribution is 2.30. The van der Waals surface area contributed by atoms with E-state index in [9.17, 15) is 0 Å². The number of nitrogens with zero attached hydrogens (tertiary/aromatic N) is 4. The van der Waals surface area contributed by atoms with Crippen LogP contribution in [-0.2, 0) is 4.74 Å². The molecule has 5 nitrogen and oxygen atoms in total. The molecule has 2 atom stereocenters. The number of ether oxygens (including phenoxy) is 1. The summed E-state index contributed by atoms with van der Waals surface area (Å²) in [6.45, 7) is 0. The molecule has 0 spiro atoms. The maximum atomic E-state index is 9.00. The minimum Gasteiger partial charge on any atom is -0.499 e. The largest absolute Gasteiger partial charge is 0.499 e. The minimum atomic E-state index is -0.0102. The van der Waals surface area contributed by atoms with Crippen molar-refractivity contribution < 1.29 is 4.74 Å². The van der Waals surface area contributed by atoms with Crippen LogP contribution in [0.3, 0.4) is 0 Å². The van der Waals surface area contributed by atoms with Crippen LogP contribution in [0.1, 0.15) is 6.42 Å². The van der Waals surface area contributed by atoms with Crippen LogP contribution in [0.5, 0.6) is 0 Å². The van der Waals surface area contributed by atoms with Crippen molar-refractivity contribution in [2.45, 2.75) is 18.5 Å². The number of amidine groups is 1. The number of aliphatic imine (C=N–C) groups is 2. The average Bonchev–Trinajstić information content (AvgIpc) is 2.70. The van der Waals surface area contributed by atoms with Crippen LogP contribution in [0.15, 0.2) is 57.4 Å². The molecule has 3 aliphatic rings. The molecule has 21 heavy (non-hydrogen) atoms. The van der Waals surface area contributed by atoms with Gasteiger partial charge in [0.1, 0.15) is 11.6 Å². The van der Waals surface area contributed by atoms with Crippen molar-refractivity contribution in [2.75, 3.05) is 7.11 Å². The lowest BCUT2D eigenvalue weighted by molar-refractivity contribution is 0.284. The SMILES string of the molecule is COC1=CN=CC(C2=NC3C=C(C#N)C=CC3N2I)=CC1. The molecule has 0 aromatic carbocycles. The van der Waals surface area contributed by atoms with E-state index in [4.69, 9.17) is 15.0 Å². The van der Waals surface area contributed by atoms with Gasteiger partial charge in [-0.05, 0) is 12.2 Å². The zero-order valence-electron chi connectivity index (χ0n) is 11.4. The third-order valence-electron chi connectivity index (χ3n) is 3.51. The molecule has 2 unspecified atom stereocenters. The number of halogens is 1. The van der Waals surface area contributed by atoms with Gasteiger partial charge in [0, 0.05) is 23.8 Å². The lowest BCUT2D eigenvalue weighted by Gasteiger charge is -2.22. The molecule has 0 bridgehead atoms. The molecule has 0 amide bonds. The number of rotatable bonds is 2. The zero-order valence-corrected chi connectivity index (χ0v) is 13.6. The highest BCUT2D eigenvalue weighted by Gasteiger charge is 2.35. The Bertz CT molecular complexity index is 678. The van der Waals surface area contributed by atoms with E-state index in [-0.39, 0.29) is 12.1 Å². The summed E-state index contributed by atoms with van der Waals surface area (Å²) >= 11 is 2.27. The second kappa shape index (κ2) is 5.85. The molecule has 6 heteroatoms. The molecule has 0 N–H and O–H groups in total. The first kappa shape index (κ1) is 14.1. The molecule has 0 aromatic rings. The van der Waals surface area contributed by atoms with Crippen molar-refractivity contribution in [3.63, 3.8) is 0 Å². The van der Waals surface area contributed by atoms with Gasteiger partial charge in [0.2, 0.25) is 0 Å². The monoisotopic (exact) mass is 392 g/mol. The lowest BCUT2D eigenvalue weighted by Crippen LogP contribution is -2.32. The van der Waals surface area contributed by atoms with Crippen molar-refractivity contribution >= 4 is 34.9 Å². The van der Waals surface area contributed by atoms with Crippen molar-refractivity contribution in [1.29, 1.82) is 5.26 Å². The first-order valence-electron chi connectivity index (χ1n) is 6.52. The molecular weight excluding hydrogens is 379 g/mol. The van der Waals surface area contributed by atoms with Crippen molar-refractivity contribution in [3.8, 4) is 6.07 Å². The third-order valence-corrected chi connectivity index (χ3v) is 4.61. The fourth-order valence-electron chi connectivity index (χ4n) is 2.39. The number of nitriles is 1. The van der Waals surface area contributed by atoms with E-state index in [2.05, 4.69) is 43.1 Å². The summed E-state index contributed by atoms with van der Waals surface area (Å²) in [7, 11) is 1.64. The molecular formula is C15H13IN4O. The Hall–Kier alpha value is -1.88. The number of fused-ring (bicyclic) bond motifs is 1. The fourth-order valence-corrected chi connectivity index (χ4v) is 3.31. The second-order valence-corrected chi connectivity index (χ2v) is 5.82. The van der Waals surface area contributed by atoms with Gasteiger partial charge in [-0.1, -0.05) is 12.2 Å². The van der Waals surface area contributed by atoms with Gasteiger partial charge in [0.05, 0.1) is 54.3 Å². The van der Waals surface area contributed by atoms with Gasteiger partial charge in [-0.3, -0.25) is 13.1 Å². The Balaban J connectivity index is 1.88. The van der Waals surface area contributed by atoms with Crippen molar-refractivity contribution in [3.05, 3.63) is 47.4 Å². The first-order chi connectivity index (χ1) is 10.2. The molecule has 1 aliphatic carbocycles. The summed E-state index contributed by atoms with van der Waals surface area (Å²) in [5.41, 5.74) is 1.64. The predicted molar refractivity (Wildman–Crippen MR) is 90.0 cm³/mol. The zero-order chi connectivity index (χ0) is 14.8. The summed E-state index contributed by atoms with van der Waals surface area (Å²) in [5, 5.41) is 9.00. The summed E-state index contributed by atoms with van der Waals surface area (Å²) in [6, 6.07) is 2.31. The number of hydrogen-bond donors (Lipinski definition) is 0. The first-order valence-corrected chi connectivity index (χ1v) is 7.49. The van der Waals surface area contributed by atoms with Crippen LogP contribution in [0.25, 0.3) is 0 Å². The molecule has 106 valence electrons. The van der Waals surface area contributed by atoms with Gasteiger partial charge in [-0.2, -0.15) is 5.26 Å². The number of methoxy groups -OCH3 is 1. The van der Waals surface area contributed by atoms with Crippen LogP contribution in [0.4, 0.5) is 0 Å². The fraction of sp³-hybridized carbons (Fsp3) is 0.267. The Morgan fingerprint density at radius 2 is 2.38 bits per heavy atom. The van der Waals surface area contributed by atoms with Crippen molar-refractivity contribution in [2.24, 2.45) is 9.98 Å². The van der Waals surface area contributed by atoms with Crippen LogP contribution >= 0.6 is 22.9 Å². The van der Waals surface area contributed by atoms with Gasteiger partial charge in [-0.25, -0.2) is 0 Å². The summed E-state index contributed by atoms with van der Waals surface area (Å²) < 4.78 is 7.32. The van der Waals surface area contributed by atoms with E-state index in [1.165, 1.54) is 0 Å². The van der Waals surface area contributed by atoms with Gasteiger partial charge < -0.3 is 4.74 Å². The van der Waals surface area contributed by atoms with E-state index in [0.29, 0.717) is 12.0 Å². The lowest BCUT2D eigenvalue weighted by atomic mass is 10.0. The standard InChI is InChI=1S/C15H13IN4O/c1-21-12-4-3-11(8-18-9-12)15-19-13-6-10(7-17)2-5-14(13)20(15)16/h2-3,5-6,8-9,13-14H,4H2,1H3. The summed E-state index contributed by atoms with van der Waals surface area (Å²) in [6.07, 6.45) is 12.1. The van der Waals surface area contributed by atoms with E-state index in [1.807, 2.05) is 18.2 Å². The number of allylic oxidation sites excluding steroid dienone is 3. The minimum absolute atomic E-state index is 0.0102. The second-order valence-electron chi connectivity index (χ2n) is 4.78.